The monoisotopic (exact) mass is 223 g/mol. The summed E-state index contributed by atoms with van der Waals surface area (Å²) in [5.41, 5.74) is 1.82. The Labute approximate surface area is 99.5 Å². The van der Waals surface area contributed by atoms with Gasteiger partial charge in [-0.3, -0.25) is 4.98 Å². The second-order valence-corrected chi connectivity index (χ2v) is 3.88. The minimum atomic E-state index is -0.480. The van der Waals surface area contributed by atoms with E-state index in [1.165, 1.54) is 0 Å². The predicted octanol–water partition coefficient (Wildman–Crippen LogP) is 2.00. The van der Waals surface area contributed by atoms with Crippen LogP contribution < -0.4 is 5.46 Å². The van der Waals surface area contributed by atoms with Crippen molar-refractivity contribution >= 4 is 23.5 Å². The fourth-order valence-corrected chi connectivity index (χ4v) is 1.77. The molecule has 0 unspecified atom stereocenters. The van der Waals surface area contributed by atoms with E-state index < -0.39 is 7.12 Å². The smallest absolute Gasteiger partial charge is 0.520 e. The standard InChI is InChI=1S/C13H10BNO2/c1-9-10(2)17-14(16-9)12-7-11-5-3-4-6-13(11)15-8-12/h3-8H,1-2H2. The summed E-state index contributed by atoms with van der Waals surface area (Å²) in [4.78, 5) is 4.36. The maximum Gasteiger partial charge on any atom is 0.634 e. The van der Waals surface area contributed by atoms with Crippen molar-refractivity contribution < 1.29 is 9.31 Å². The van der Waals surface area contributed by atoms with Crippen LogP contribution in [0.1, 0.15) is 0 Å². The molecule has 82 valence electrons. The van der Waals surface area contributed by atoms with Gasteiger partial charge < -0.3 is 9.31 Å². The van der Waals surface area contributed by atoms with Crippen molar-refractivity contribution in [1.29, 1.82) is 0 Å². The third kappa shape index (κ3) is 1.67. The second-order valence-electron chi connectivity index (χ2n) is 3.88. The average Bonchev–Trinajstić information content (AvgIpc) is 2.69. The van der Waals surface area contributed by atoms with Gasteiger partial charge in [0.15, 0.2) is 0 Å². The van der Waals surface area contributed by atoms with Crippen LogP contribution in [0.4, 0.5) is 0 Å². The van der Waals surface area contributed by atoms with Crippen molar-refractivity contribution in [3.8, 4) is 0 Å². The summed E-state index contributed by atoms with van der Waals surface area (Å²) in [6.07, 6.45) is 1.75. The average molecular weight is 223 g/mol. The van der Waals surface area contributed by atoms with Crippen LogP contribution in [-0.4, -0.2) is 12.1 Å². The molecule has 3 rings (SSSR count). The van der Waals surface area contributed by atoms with Crippen molar-refractivity contribution in [3.63, 3.8) is 0 Å². The molecular weight excluding hydrogens is 213 g/mol. The van der Waals surface area contributed by atoms with Crippen molar-refractivity contribution in [2.45, 2.75) is 0 Å². The fourth-order valence-electron chi connectivity index (χ4n) is 1.77. The van der Waals surface area contributed by atoms with Crippen LogP contribution in [0, 0.1) is 0 Å². The van der Waals surface area contributed by atoms with Gasteiger partial charge in [-0.15, -0.1) is 0 Å². The van der Waals surface area contributed by atoms with Crippen LogP contribution >= 0.6 is 0 Å². The number of aromatic nitrogens is 1. The molecule has 1 aliphatic heterocycles. The Morgan fingerprint density at radius 2 is 1.76 bits per heavy atom. The van der Waals surface area contributed by atoms with E-state index >= 15 is 0 Å². The predicted molar refractivity (Wildman–Crippen MR) is 67.6 cm³/mol. The van der Waals surface area contributed by atoms with Crippen molar-refractivity contribution in [1.82, 2.24) is 4.98 Å². The second kappa shape index (κ2) is 3.66. The Kier molecular flexibility index (Phi) is 2.15. The van der Waals surface area contributed by atoms with Gasteiger partial charge >= 0.3 is 7.12 Å². The molecule has 0 amide bonds. The van der Waals surface area contributed by atoms with Gasteiger partial charge in [0, 0.05) is 11.7 Å². The zero-order valence-electron chi connectivity index (χ0n) is 9.22. The lowest BCUT2D eigenvalue weighted by Gasteiger charge is -2.04. The van der Waals surface area contributed by atoms with Gasteiger partial charge in [0.05, 0.1) is 5.52 Å². The Morgan fingerprint density at radius 3 is 2.53 bits per heavy atom. The molecule has 0 atom stereocenters. The first kappa shape index (κ1) is 9.96. The van der Waals surface area contributed by atoms with Crippen LogP contribution in [0.5, 0.6) is 0 Å². The van der Waals surface area contributed by atoms with Gasteiger partial charge in [-0.1, -0.05) is 31.4 Å². The molecule has 0 N–H and O–H groups in total. The molecular formula is C13H10BNO2. The summed E-state index contributed by atoms with van der Waals surface area (Å²) in [7, 11) is -0.480. The minimum Gasteiger partial charge on any atom is -0.520 e. The molecule has 0 aliphatic carbocycles. The molecule has 4 heteroatoms. The van der Waals surface area contributed by atoms with Gasteiger partial charge in [-0.2, -0.15) is 0 Å². The van der Waals surface area contributed by atoms with E-state index in [2.05, 4.69) is 18.1 Å². The molecule has 0 saturated carbocycles. The van der Waals surface area contributed by atoms with Crippen LogP contribution in [0.25, 0.3) is 10.9 Å². The fraction of sp³-hybridized carbons (Fsp3) is 0. The van der Waals surface area contributed by atoms with E-state index in [1.807, 2.05) is 30.3 Å². The number of hydrogen-bond acceptors (Lipinski definition) is 3. The molecule has 3 nitrogen and oxygen atoms in total. The van der Waals surface area contributed by atoms with Gasteiger partial charge in [0.2, 0.25) is 0 Å². The quantitative estimate of drug-likeness (QED) is 0.693. The molecule has 1 aromatic carbocycles. The minimum absolute atomic E-state index is 0.475. The van der Waals surface area contributed by atoms with E-state index in [0.717, 1.165) is 16.4 Å². The number of hydrogen-bond donors (Lipinski definition) is 0. The largest absolute Gasteiger partial charge is 0.634 e. The van der Waals surface area contributed by atoms with Crippen LogP contribution in [0.3, 0.4) is 0 Å². The third-order valence-electron chi connectivity index (χ3n) is 2.69. The maximum atomic E-state index is 5.45. The van der Waals surface area contributed by atoms with Crippen LogP contribution in [0.2, 0.25) is 0 Å². The first-order valence-electron chi connectivity index (χ1n) is 5.30. The highest BCUT2D eigenvalue weighted by molar-refractivity contribution is 6.62. The number of benzene rings is 1. The van der Waals surface area contributed by atoms with E-state index in [-0.39, 0.29) is 0 Å². The number of nitrogens with zero attached hydrogens (tertiary/aromatic N) is 1. The summed E-state index contributed by atoms with van der Waals surface area (Å²) < 4.78 is 10.9. The Morgan fingerprint density at radius 1 is 1.06 bits per heavy atom. The highest BCUT2D eigenvalue weighted by Crippen LogP contribution is 2.20. The zero-order chi connectivity index (χ0) is 11.8. The summed E-state index contributed by atoms with van der Waals surface area (Å²) >= 11 is 0. The van der Waals surface area contributed by atoms with E-state index in [9.17, 15) is 0 Å². The lowest BCUT2D eigenvalue weighted by molar-refractivity contribution is 0.431. The Hall–Kier alpha value is -2.23. The van der Waals surface area contributed by atoms with Crippen LogP contribution in [0.15, 0.2) is 61.2 Å². The molecule has 0 spiro atoms. The summed E-state index contributed by atoms with van der Waals surface area (Å²) in [5, 5.41) is 1.06. The molecule has 1 aromatic heterocycles. The third-order valence-corrected chi connectivity index (χ3v) is 2.69. The van der Waals surface area contributed by atoms with Gasteiger partial charge in [0.25, 0.3) is 0 Å². The summed E-state index contributed by atoms with van der Waals surface area (Å²) in [5.74, 6) is 0.950. The first-order chi connectivity index (χ1) is 8.24. The van der Waals surface area contributed by atoms with E-state index in [1.54, 1.807) is 6.20 Å². The van der Waals surface area contributed by atoms with Crippen molar-refractivity contribution in [2.24, 2.45) is 0 Å². The van der Waals surface area contributed by atoms with E-state index in [4.69, 9.17) is 9.31 Å². The molecule has 1 aliphatic rings. The number of pyridine rings is 1. The normalized spacial score (nSPS) is 14.9. The highest BCUT2D eigenvalue weighted by Gasteiger charge is 2.34. The topological polar surface area (TPSA) is 31.4 Å². The number of fused-ring (bicyclic) bond motifs is 1. The molecule has 1 fully saturated rings. The van der Waals surface area contributed by atoms with Gasteiger partial charge in [0.1, 0.15) is 11.5 Å². The molecule has 2 heterocycles. The molecule has 0 bridgehead atoms. The number of rotatable bonds is 1. The first-order valence-corrected chi connectivity index (χ1v) is 5.30. The molecule has 0 radical (unpaired) electrons. The molecule has 2 aromatic rings. The van der Waals surface area contributed by atoms with Crippen molar-refractivity contribution in [3.05, 3.63) is 61.2 Å². The van der Waals surface area contributed by atoms with Gasteiger partial charge in [-0.25, -0.2) is 0 Å². The zero-order valence-corrected chi connectivity index (χ0v) is 9.22. The van der Waals surface area contributed by atoms with Crippen molar-refractivity contribution in [2.75, 3.05) is 0 Å². The lowest BCUT2D eigenvalue weighted by Crippen LogP contribution is -2.31. The summed E-state index contributed by atoms with van der Waals surface area (Å²) in [6, 6.07) is 9.90. The maximum absolute atomic E-state index is 5.45. The number of para-hydroxylation sites is 1. The highest BCUT2D eigenvalue weighted by atomic mass is 16.6. The van der Waals surface area contributed by atoms with E-state index in [0.29, 0.717) is 11.5 Å². The molecule has 1 saturated heterocycles. The lowest BCUT2D eigenvalue weighted by atomic mass is 9.80. The van der Waals surface area contributed by atoms with Crippen LogP contribution in [-0.2, 0) is 9.31 Å². The van der Waals surface area contributed by atoms with Gasteiger partial charge in [-0.05, 0) is 17.5 Å². The molecule has 17 heavy (non-hydrogen) atoms. The summed E-state index contributed by atoms with van der Waals surface area (Å²) in [6.45, 7) is 7.41. The Balaban J connectivity index is 2.01. The SMILES string of the molecule is C=C1OB(c2cnc3ccccc3c2)OC1=C. The Bertz CT molecular complexity index is 608.